The van der Waals surface area contributed by atoms with Crippen molar-refractivity contribution in [3.8, 4) is 0 Å². The van der Waals surface area contributed by atoms with Gasteiger partial charge in [0.25, 0.3) is 0 Å². The van der Waals surface area contributed by atoms with Gasteiger partial charge in [0.2, 0.25) is 0 Å². The van der Waals surface area contributed by atoms with Gasteiger partial charge in [-0.1, -0.05) is 0 Å². The zero-order chi connectivity index (χ0) is 7.91. The summed E-state index contributed by atoms with van der Waals surface area (Å²) in [6.45, 7) is -0.250. The van der Waals surface area contributed by atoms with Gasteiger partial charge >= 0.3 is 80.0 Å². The van der Waals surface area contributed by atoms with Gasteiger partial charge in [-0.2, -0.15) is 0 Å². The van der Waals surface area contributed by atoms with Crippen molar-refractivity contribution in [1.82, 2.24) is 0 Å². The first-order chi connectivity index (χ1) is 3.91. The quantitative estimate of drug-likeness (QED) is 0.426. The van der Waals surface area contributed by atoms with Crippen molar-refractivity contribution in [2.45, 2.75) is 0 Å². The van der Waals surface area contributed by atoms with Gasteiger partial charge in [0.1, 0.15) is 0 Å². The van der Waals surface area contributed by atoms with Crippen LogP contribution in [0.5, 0.6) is 0 Å². The van der Waals surface area contributed by atoms with Crippen LogP contribution in [0.25, 0.3) is 0 Å². The molecule has 0 fully saturated rings. The molecule has 0 radical (unpaired) electrons. The molecule has 0 aliphatic rings. The number of aliphatic hydroxyl groups is 2. The van der Waals surface area contributed by atoms with E-state index in [1.54, 1.807) is 0 Å². The van der Waals surface area contributed by atoms with Crippen molar-refractivity contribution in [2.75, 3.05) is 13.2 Å². The Labute approximate surface area is 102 Å². The second-order valence-electron chi connectivity index (χ2n) is 0.825. The molecule has 0 aliphatic carbocycles. The fraction of sp³-hybridized carbons (Fsp3) is 1.00. The number of hydrogen-bond acceptors (Lipinski definition) is 6. The molecule has 10 heavy (non-hydrogen) atoms. The fourth-order valence-corrected chi connectivity index (χ4v) is 0. The van der Waals surface area contributed by atoms with E-state index in [2.05, 4.69) is 0 Å². The van der Waals surface area contributed by atoms with Gasteiger partial charge in [-0.25, -0.2) is 0 Å². The molecule has 0 aromatic heterocycles. The van der Waals surface area contributed by atoms with Crippen LogP contribution in [0.4, 0.5) is 0 Å². The summed E-state index contributed by atoms with van der Waals surface area (Å²) in [5.41, 5.74) is 0. The minimum absolute atomic E-state index is 0. The Kier molecular flexibility index (Phi) is 18.3. The van der Waals surface area contributed by atoms with Gasteiger partial charge in [0.15, 0.2) is 0 Å². The van der Waals surface area contributed by atoms with Crippen LogP contribution in [0, 0.1) is 0 Å². The van der Waals surface area contributed by atoms with Gasteiger partial charge in [0.05, 0.1) is 13.2 Å². The van der Waals surface area contributed by atoms with E-state index in [0.717, 1.165) is 0 Å². The normalized spacial score (nSPS) is 8.70. The summed E-state index contributed by atoms with van der Waals surface area (Å²) < 4.78 is 34.3. The summed E-state index contributed by atoms with van der Waals surface area (Å²) in [6.07, 6.45) is 0. The number of aliphatic hydroxyl groups excluding tert-OH is 2. The molecule has 2 N–H and O–H groups in total. The predicted octanol–water partition coefficient (Wildman–Crippen LogP) is -5.57. The van der Waals surface area contributed by atoms with Crippen molar-refractivity contribution in [2.24, 2.45) is 0 Å². The summed E-state index contributed by atoms with van der Waals surface area (Å²) in [6, 6.07) is 0. The first-order valence-corrected chi connectivity index (χ1v) is 3.68. The molecule has 0 bridgehead atoms. The molecule has 0 saturated heterocycles. The average molecular weight is 220 g/mol. The Bertz CT molecular complexity index is 159. The third-order valence-electron chi connectivity index (χ3n) is 0.1000. The molecular weight excluding hydrogens is 214 g/mol. The second kappa shape index (κ2) is 10.4. The van der Waals surface area contributed by atoms with Gasteiger partial charge in [-0.3, -0.25) is 0 Å². The maximum absolute atomic E-state index is 8.58. The van der Waals surface area contributed by atoms with Gasteiger partial charge in [-0.05, 0) is 0 Å². The molecule has 0 rings (SSSR count). The van der Waals surface area contributed by atoms with Crippen LogP contribution in [-0.2, 0) is 24.5 Å². The van der Waals surface area contributed by atoms with E-state index in [9.17, 15) is 0 Å². The van der Waals surface area contributed by atoms with Crippen molar-refractivity contribution in [3.05, 3.63) is 0 Å². The van der Waals surface area contributed by atoms with Crippen LogP contribution in [0.2, 0.25) is 0 Å². The van der Waals surface area contributed by atoms with Crippen LogP contribution in [0.1, 0.15) is 0 Å². The average Bonchev–Trinajstić information content (AvgIpc) is 1.61. The third kappa shape index (κ3) is 113. The Morgan fingerprint density at radius 3 is 1.20 bits per heavy atom. The van der Waals surface area contributed by atoms with E-state index in [1.807, 2.05) is 0 Å². The second-order valence-corrected chi connectivity index (χ2v) is 2.01. The first-order valence-electron chi connectivity index (χ1n) is 1.75. The Morgan fingerprint density at radius 2 is 1.20 bits per heavy atom. The Morgan fingerprint density at radius 1 is 1.10 bits per heavy atom. The van der Waals surface area contributed by atoms with Crippen LogP contribution < -0.4 is 55.6 Å². The number of hydrogen-bond donors (Lipinski definition) is 2. The van der Waals surface area contributed by atoms with E-state index in [4.69, 9.17) is 25.9 Å². The van der Waals surface area contributed by atoms with Crippen molar-refractivity contribution in [1.29, 1.82) is 0 Å². The van der Waals surface area contributed by atoms with Crippen molar-refractivity contribution in [3.63, 3.8) is 0 Å². The molecule has 0 spiro atoms. The summed E-state index contributed by atoms with van der Waals surface area (Å²) in [7, 11) is 0. The van der Waals surface area contributed by atoms with Gasteiger partial charge < -0.3 is 10.2 Å². The molecule has 0 unspecified atom stereocenters. The van der Waals surface area contributed by atoms with Gasteiger partial charge in [-0.15, -0.1) is 0 Å². The maximum atomic E-state index is 8.58. The molecule has 6 nitrogen and oxygen atoms in total. The van der Waals surface area contributed by atoms with E-state index in [1.165, 1.54) is 0 Å². The molecule has 0 aromatic rings. The molecule has 8 heteroatoms. The zero-order valence-corrected chi connectivity index (χ0v) is 9.62. The Hall–Kier alpha value is 1.44. The topological polar surface area (TPSA) is 115 Å². The zero-order valence-electron chi connectivity index (χ0n) is 5.32. The molecule has 0 aliphatic heterocycles. The van der Waals surface area contributed by atoms with Crippen LogP contribution in [0.15, 0.2) is 0 Å². The van der Waals surface area contributed by atoms with Crippen LogP contribution >= 0.6 is 0 Å². The predicted molar refractivity (Wildman–Crippen MR) is 16.2 cm³/mol. The van der Waals surface area contributed by atoms with E-state index in [0.29, 0.717) is 0 Å². The minimum atomic E-state index is -5.62. The van der Waals surface area contributed by atoms with Crippen molar-refractivity contribution >= 4 is 0 Å². The van der Waals surface area contributed by atoms with Crippen LogP contribution in [-0.4, -0.2) is 23.4 Å². The van der Waals surface area contributed by atoms with Crippen LogP contribution in [0.3, 0.4) is 0 Å². The molecule has 0 atom stereocenters. The monoisotopic (exact) mass is 220 g/mol. The summed E-state index contributed by atoms with van der Waals surface area (Å²) in [5.74, 6) is 0. The SMILES string of the molecule is OCCO.[K+].[O]=[Mn](=[O])(=[O])[O-]. The van der Waals surface area contributed by atoms with E-state index in [-0.39, 0.29) is 64.6 Å². The van der Waals surface area contributed by atoms with Gasteiger partial charge in [0, 0.05) is 0 Å². The summed E-state index contributed by atoms with van der Waals surface area (Å²) in [5, 5.41) is 15.2. The molecular formula is C2H6KMnO6. The van der Waals surface area contributed by atoms with Crippen molar-refractivity contribution < 1.29 is 90.3 Å². The standard InChI is InChI=1S/C2H6O2.K.Mn.4O/c3-1-2-4;;;;;;/h3-4H,1-2H2;;;;;;/q;+1;;;;;-1. The third-order valence-corrected chi connectivity index (χ3v) is 0.1000. The van der Waals surface area contributed by atoms with E-state index >= 15 is 0 Å². The molecule has 58 valence electrons. The molecule has 0 saturated carbocycles. The Balaban J connectivity index is -0.0000000910. The fourth-order valence-electron chi connectivity index (χ4n) is 0. The molecule has 0 heterocycles. The first kappa shape index (κ1) is 17.5. The molecule has 0 aromatic carbocycles. The summed E-state index contributed by atoms with van der Waals surface area (Å²) in [4.78, 5) is 0. The van der Waals surface area contributed by atoms with E-state index < -0.39 is 13.0 Å². The summed E-state index contributed by atoms with van der Waals surface area (Å²) >= 11 is -5.62. The molecule has 0 amide bonds. The number of rotatable bonds is 1.